The van der Waals surface area contributed by atoms with E-state index in [1.807, 2.05) is 54.3 Å². The largest absolute Gasteiger partial charge is 0.341 e. The highest BCUT2D eigenvalue weighted by Crippen LogP contribution is 2.30. The van der Waals surface area contributed by atoms with Crippen molar-refractivity contribution in [2.45, 2.75) is 38.6 Å². The molecule has 2 amide bonds. The smallest absolute Gasteiger partial charge is 0.244 e. The second kappa shape index (κ2) is 9.39. The first-order valence-electron chi connectivity index (χ1n) is 10.9. The van der Waals surface area contributed by atoms with E-state index >= 15 is 0 Å². The Morgan fingerprint density at radius 3 is 2.40 bits per heavy atom. The highest BCUT2D eigenvalue weighted by molar-refractivity contribution is 5.91. The summed E-state index contributed by atoms with van der Waals surface area (Å²) in [4.78, 5) is 34.5. The fourth-order valence-electron chi connectivity index (χ4n) is 4.51. The monoisotopic (exact) mass is 406 g/mol. The summed E-state index contributed by atoms with van der Waals surface area (Å²) in [6, 6.07) is 13.6. The summed E-state index contributed by atoms with van der Waals surface area (Å²) in [5, 5.41) is 2.95. The number of carbonyl (C=O) groups excluding carboxylic acids is 2. The Morgan fingerprint density at radius 2 is 1.73 bits per heavy atom. The summed E-state index contributed by atoms with van der Waals surface area (Å²) < 4.78 is 0. The molecule has 1 N–H and O–H groups in total. The van der Waals surface area contributed by atoms with Gasteiger partial charge < -0.3 is 10.2 Å². The normalized spacial score (nSPS) is 18.9. The molecule has 0 saturated carbocycles. The van der Waals surface area contributed by atoms with Crippen molar-refractivity contribution in [1.29, 1.82) is 0 Å². The molecule has 3 heterocycles. The van der Waals surface area contributed by atoms with E-state index in [1.54, 1.807) is 6.20 Å². The first kappa shape index (κ1) is 20.5. The van der Waals surface area contributed by atoms with Crippen molar-refractivity contribution in [3.8, 4) is 0 Å². The second-order valence-electron chi connectivity index (χ2n) is 8.36. The number of aromatic nitrogens is 1. The Kier molecular flexibility index (Phi) is 6.43. The SMILES string of the molecule is Cc1ccnc(NC(=O)C2CCN(C(C(=O)N3CCCC3)c3ccccc3)CC2)c1. The molecule has 158 valence electrons. The fraction of sp³-hybridized carbons (Fsp3) is 0.458. The van der Waals surface area contributed by atoms with Gasteiger partial charge in [0.15, 0.2) is 0 Å². The summed E-state index contributed by atoms with van der Waals surface area (Å²) >= 11 is 0. The summed E-state index contributed by atoms with van der Waals surface area (Å²) in [5.41, 5.74) is 2.11. The maximum Gasteiger partial charge on any atom is 0.244 e. The van der Waals surface area contributed by atoms with E-state index in [0.717, 1.165) is 63.0 Å². The topological polar surface area (TPSA) is 65.5 Å². The summed E-state index contributed by atoms with van der Waals surface area (Å²) in [7, 11) is 0. The quantitative estimate of drug-likeness (QED) is 0.827. The first-order valence-corrected chi connectivity index (χ1v) is 10.9. The number of hydrogen-bond donors (Lipinski definition) is 1. The number of hydrogen-bond acceptors (Lipinski definition) is 4. The number of benzene rings is 1. The van der Waals surface area contributed by atoms with Crippen LogP contribution in [0.25, 0.3) is 0 Å². The number of pyridine rings is 1. The standard InChI is InChI=1S/C24H30N4O2/c1-18-9-12-25-21(17-18)26-23(29)20-10-15-27(16-11-20)22(19-7-3-2-4-8-19)24(30)28-13-5-6-14-28/h2-4,7-9,12,17,20,22H,5-6,10-11,13-16H2,1H3,(H,25,26,29). The number of anilines is 1. The Balaban J connectivity index is 1.42. The van der Waals surface area contributed by atoms with Crippen LogP contribution in [-0.2, 0) is 9.59 Å². The molecule has 0 radical (unpaired) electrons. The predicted molar refractivity (Wildman–Crippen MR) is 117 cm³/mol. The molecule has 2 saturated heterocycles. The number of nitrogens with one attached hydrogen (secondary N) is 1. The lowest BCUT2D eigenvalue weighted by Gasteiger charge is -2.38. The molecule has 2 aromatic rings. The van der Waals surface area contributed by atoms with Gasteiger partial charge in [-0.05, 0) is 69.0 Å². The minimum Gasteiger partial charge on any atom is -0.341 e. The van der Waals surface area contributed by atoms with Crippen LogP contribution in [0.1, 0.15) is 42.9 Å². The Bertz CT molecular complexity index is 872. The molecule has 2 aliphatic heterocycles. The van der Waals surface area contributed by atoms with Gasteiger partial charge in [-0.3, -0.25) is 14.5 Å². The molecule has 0 aliphatic carbocycles. The summed E-state index contributed by atoms with van der Waals surface area (Å²) in [6.07, 6.45) is 5.37. The molecular formula is C24H30N4O2. The van der Waals surface area contributed by atoms with E-state index in [9.17, 15) is 9.59 Å². The number of amides is 2. The van der Waals surface area contributed by atoms with E-state index in [4.69, 9.17) is 0 Å². The zero-order valence-corrected chi connectivity index (χ0v) is 17.6. The molecule has 1 atom stereocenters. The van der Waals surface area contributed by atoms with Crippen LogP contribution in [0.3, 0.4) is 0 Å². The van der Waals surface area contributed by atoms with Crippen molar-refractivity contribution in [1.82, 2.24) is 14.8 Å². The highest BCUT2D eigenvalue weighted by atomic mass is 16.2. The van der Waals surface area contributed by atoms with Gasteiger partial charge in [-0.1, -0.05) is 30.3 Å². The van der Waals surface area contributed by atoms with Gasteiger partial charge in [0.05, 0.1) is 0 Å². The van der Waals surface area contributed by atoms with Crippen LogP contribution < -0.4 is 5.32 Å². The lowest BCUT2D eigenvalue weighted by Crippen LogP contribution is -2.46. The molecule has 0 spiro atoms. The third-order valence-electron chi connectivity index (χ3n) is 6.20. The fourth-order valence-corrected chi connectivity index (χ4v) is 4.51. The lowest BCUT2D eigenvalue weighted by atomic mass is 9.93. The maximum atomic E-state index is 13.3. The van der Waals surface area contributed by atoms with Crippen LogP contribution in [0, 0.1) is 12.8 Å². The van der Waals surface area contributed by atoms with Crippen LogP contribution in [-0.4, -0.2) is 52.8 Å². The van der Waals surface area contributed by atoms with Crippen LogP contribution >= 0.6 is 0 Å². The van der Waals surface area contributed by atoms with Crippen molar-refractivity contribution in [3.05, 3.63) is 59.8 Å². The van der Waals surface area contributed by atoms with Crippen molar-refractivity contribution in [2.75, 3.05) is 31.5 Å². The van der Waals surface area contributed by atoms with E-state index in [-0.39, 0.29) is 23.8 Å². The number of carbonyl (C=O) groups is 2. The third-order valence-corrected chi connectivity index (χ3v) is 6.20. The third kappa shape index (κ3) is 4.70. The molecule has 2 fully saturated rings. The van der Waals surface area contributed by atoms with Gasteiger partial charge in [0.25, 0.3) is 0 Å². The van der Waals surface area contributed by atoms with E-state index in [0.29, 0.717) is 5.82 Å². The Labute approximate surface area is 178 Å². The van der Waals surface area contributed by atoms with Gasteiger partial charge in [0.1, 0.15) is 11.9 Å². The molecule has 4 rings (SSSR count). The molecule has 0 bridgehead atoms. The number of aryl methyl sites for hydroxylation is 1. The number of piperidine rings is 1. The lowest BCUT2D eigenvalue weighted by molar-refractivity contribution is -0.137. The predicted octanol–water partition coefficient (Wildman–Crippen LogP) is 3.40. The highest BCUT2D eigenvalue weighted by Gasteiger charge is 2.35. The van der Waals surface area contributed by atoms with Gasteiger partial charge in [-0.15, -0.1) is 0 Å². The molecule has 1 aromatic carbocycles. The van der Waals surface area contributed by atoms with Crippen molar-refractivity contribution >= 4 is 17.6 Å². The molecule has 6 heteroatoms. The zero-order valence-electron chi connectivity index (χ0n) is 17.6. The summed E-state index contributed by atoms with van der Waals surface area (Å²) in [6.45, 7) is 5.16. The van der Waals surface area contributed by atoms with Gasteiger partial charge in [-0.2, -0.15) is 0 Å². The minimum atomic E-state index is -0.258. The van der Waals surface area contributed by atoms with Crippen LogP contribution in [0.2, 0.25) is 0 Å². The van der Waals surface area contributed by atoms with Gasteiger partial charge in [0, 0.05) is 25.2 Å². The minimum absolute atomic E-state index is 0.0230. The number of rotatable bonds is 5. The van der Waals surface area contributed by atoms with Crippen molar-refractivity contribution < 1.29 is 9.59 Å². The van der Waals surface area contributed by atoms with Crippen LogP contribution in [0.5, 0.6) is 0 Å². The molecule has 1 unspecified atom stereocenters. The number of likely N-dealkylation sites (tertiary alicyclic amines) is 2. The van der Waals surface area contributed by atoms with Gasteiger partial charge >= 0.3 is 0 Å². The van der Waals surface area contributed by atoms with Gasteiger partial charge in [0.2, 0.25) is 11.8 Å². The molecule has 30 heavy (non-hydrogen) atoms. The molecule has 6 nitrogen and oxygen atoms in total. The van der Waals surface area contributed by atoms with E-state index < -0.39 is 0 Å². The Morgan fingerprint density at radius 1 is 1.03 bits per heavy atom. The number of nitrogens with zero attached hydrogens (tertiary/aromatic N) is 3. The average molecular weight is 407 g/mol. The van der Waals surface area contributed by atoms with Crippen molar-refractivity contribution in [2.24, 2.45) is 5.92 Å². The summed E-state index contributed by atoms with van der Waals surface area (Å²) in [5.74, 6) is 0.774. The van der Waals surface area contributed by atoms with Gasteiger partial charge in [-0.25, -0.2) is 4.98 Å². The molecule has 1 aromatic heterocycles. The van der Waals surface area contributed by atoms with Crippen molar-refractivity contribution in [3.63, 3.8) is 0 Å². The zero-order chi connectivity index (χ0) is 20.9. The average Bonchev–Trinajstić information content (AvgIpc) is 3.30. The maximum absolute atomic E-state index is 13.3. The van der Waals surface area contributed by atoms with Crippen LogP contribution in [0.15, 0.2) is 48.7 Å². The van der Waals surface area contributed by atoms with E-state index in [1.165, 1.54) is 0 Å². The Hall–Kier alpha value is -2.73. The molecule has 2 aliphatic rings. The van der Waals surface area contributed by atoms with E-state index in [2.05, 4.69) is 15.2 Å². The molecular weight excluding hydrogens is 376 g/mol. The second-order valence-corrected chi connectivity index (χ2v) is 8.36. The first-order chi connectivity index (χ1) is 14.6. The van der Waals surface area contributed by atoms with Crippen LogP contribution in [0.4, 0.5) is 5.82 Å².